The lowest BCUT2D eigenvalue weighted by Crippen LogP contribution is -2.16. The minimum atomic E-state index is -0.222. The van der Waals surface area contributed by atoms with E-state index in [1.165, 1.54) is 0 Å². The standard InChI is InChI=1S/C14H19NO2/c1-3-4-8-12(16)10-14(17)15-13-9-6-5-7-11(13)2/h5-7,9H,3-4,8,10H2,1-2H3,(H,15,17). The summed E-state index contributed by atoms with van der Waals surface area (Å²) in [6, 6.07) is 7.54. The molecule has 0 fully saturated rings. The molecule has 3 nitrogen and oxygen atoms in total. The second-order valence-corrected chi connectivity index (χ2v) is 4.18. The first-order chi connectivity index (χ1) is 8.13. The lowest BCUT2D eigenvalue weighted by atomic mass is 10.1. The number of Topliss-reactive ketones (excluding diaryl/α,β-unsaturated/α-hetero) is 1. The summed E-state index contributed by atoms with van der Waals surface area (Å²) < 4.78 is 0. The monoisotopic (exact) mass is 233 g/mol. The summed E-state index contributed by atoms with van der Waals surface area (Å²) in [5.41, 5.74) is 1.78. The largest absolute Gasteiger partial charge is 0.325 e. The van der Waals surface area contributed by atoms with E-state index in [0.717, 1.165) is 24.1 Å². The third-order valence-electron chi connectivity index (χ3n) is 2.59. The molecule has 0 radical (unpaired) electrons. The Balaban J connectivity index is 2.45. The molecule has 1 amide bonds. The number of para-hydroxylation sites is 1. The molecule has 1 rings (SSSR count). The Hall–Kier alpha value is -1.64. The van der Waals surface area contributed by atoms with Crippen LogP contribution in [0, 0.1) is 6.92 Å². The van der Waals surface area contributed by atoms with Crippen LogP contribution in [0.3, 0.4) is 0 Å². The van der Waals surface area contributed by atoms with Gasteiger partial charge in [-0.3, -0.25) is 9.59 Å². The third-order valence-corrected chi connectivity index (χ3v) is 2.59. The first kappa shape index (κ1) is 13.4. The summed E-state index contributed by atoms with van der Waals surface area (Å²) in [6.07, 6.45) is 2.31. The number of unbranched alkanes of at least 4 members (excludes halogenated alkanes) is 1. The van der Waals surface area contributed by atoms with Gasteiger partial charge in [0.2, 0.25) is 5.91 Å². The average molecular weight is 233 g/mol. The minimum Gasteiger partial charge on any atom is -0.325 e. The van der Waals surface area contributed by atoms with Crippen LogP contribution in [0.15, 0.2) is 24.3 Å². The minimum absolute atomic E-state index is 0.0120. The van der Waals surface area contributed by atoms with Crippen molar-refractivity contribution in [3.8, 4) is 0 Å². The van der Waals surface area contributed by atoms with Crippen molar-refractivity contribution in [2.75, 3.05) is 5.32 Å². The van der Waals surface area contributed by atoms with Crippen molar-refractivity contribution in [2.24, 2.45) is 0 Å². The average Bonchev–Trinajstić information content (AvgIpc) is 2.29. The molecule has 0 aliphatic heterocycles. The summed E-state index contributed by atoms with van der Waals surface area (Å²) in [4.78, 5) is 23.0. The summed E-state index contributed by atoms with van der Waals surface area (Å²) >= 11 is 0. The summed E-state index contributed by atoms with van der Waals surface area (Å²) in [5, 5.41) is 2.76. The molecule has 3 heteroatoms. The van der Waals surface area contributed by atoms with Crippen molar-refractivity contribution in [2.45, 2.75) is 39.5 Å². The fourth-order valence-electron chi connectivity index (χ4n) is 1.55. The van der Waals surface area contributed by atoms with Crippen molar-refractivity contribution in [3.63, 3.8) is 0 Å². The maximum atomic E-state index is 11.6. The molecule has 0 aliphatic carbocycles. The Morgan fingerprint density at radius 3 is 2.59 bits per heavy atom. The highest BCUT2D eigenvalue weighted by Crippen LogP contribution is 2.13. The molecule has 0 atom stereocenters. The van der Waals surface area contributed by atoms with Crippen LogP contribution in [0.1, 0.15) is 38.2 Å². The second-order valence-electron chi connectivity index (χ2n) is 4.18. The van der Waals surface area contributed by atoms with Crippen LogP contribution in [0.4, 0.5) is 5.69 Å². The van der Waals surface area contributed by atoms with Crippen LogP contribution in [0.5, 0.6) is 0 Å². The molecule has 0 saturated heterocycles. The zero-order valence-corrected chi connectivity index (χ0v) is 10.5. The Bertz CT molecular complexity index is 399. The molecule has 0 aromatic heterocycles. The zero-order chi connectivity index (χ0) is 12.7. The second kappa shape index (κ2) is 6.84. The summed E-state index contributed by atoms with van der Waals surface area (Å²) in [7, 11) is 0. The van der Waals surface area contributed by atoms with Gasteiger partial charge in [0, 0.05) is 12.1 Å². The van der Waals surface area contributed by atoms with Crippen LogP contribution in [0.25, 0.3) is 0 Å². The first-order valence-corrected chi connectivity index (χ1v) is 6.00. The van der Waals surface area contributed by atoms with Crippen molar-refractivity contribution in [3.05, 3.63) is 29.8 Å². The molecule has 1 aromatic carbocycles. The maximum absolute atomic E-state index is 11.6. The van der Waals surface area contributed by atoms with Gasteiger partial charge in [-0.25, -0.2) is 0 Å². The molecular formula is C14H19NO2. The fourth-order valence-corrected chi connectivity index (χ4v) is 1.55. The number of anilines is 1. The van der Waals surface area contributed by atoms with Gasteiger partial charge in [-0.2, -0.15) is 0 Å². The van der Waals surface area contributed by atoms with Crippen LogP contribution < -0.4 is 5.32 Å². The van der Waals surface area contributed by atoms with Gasteiger partial charge >= 0.3 is 0 Å². The van der Waals surface area contributed by atoms with E-state index in [4.69, 9.17) is 0 Å². The Morgan fingerprint density at radius 1 is 1.24 bits per heavy atom. The number of hydrogen-bond acceptors (Lipinski definition) is 2. The summed E-state index contributed by atoms with van der Waals surface area (Å²) in [6.45, 7) is 3.95. The number of carbonyl (C=O) groups is 2. The van der Waals surface area contributed by atoms with Gasteiger partial charge < -0.3 is 5.32 Å². The first-order valence-electron chi connectivity index (χ1n) is 6.00. The number of hydrogen-bond donors (Lipinski definition) is 1. The molecule has 1 N–H and O–H groups in total. The highest BCUT2D eigenvalue weighted by atomic mass is 16.2. The molecular weight excluding hydrogens is 214 g/mol. The quantitative estimate of drug-likeness (QED) is 0.767. The molecule has 92 valence electrons. The molecule has 0 heterocycles. The molecule has 0 saturated carbocycles. The predicted molar refractivity (Wildman–Crippen MR) is 69.0 cm³/mol. The van der Waals surface area contributed by atoms with Crippen molar-refractivity contribution < 1.29 is 9.59 Å². The highest BCUT2D eigenvalue weighted by Gasteiger charge is 2.09. The Kier molecular flexibility index (Phi) is 5.40. The maximum Gasteiger partial charge on any atom is 0.231 e. The van der Waals surface area contributed by atoms with Crippen LogP contribution in [0.2, 0.25) is 0 Å². The fraction of sp³-hybridized carbons (Fsp3) is 0.429. The number of aryl methyl sites for hydroxylation is 1. The smallest absolute Gasteiger partial charge is 0.231 e. The molecule has 1 aromatic rings. The van der Waals surface area contributed by atoms with E-state index >= 15 is 0 Å². The number of rotatable bonds is 6. The molecule has 0 bridgehead atoms. The molecule has 17 heavy (non-hydrogen) atoms. The van der Waals surface area contributed by atoms with Gasteiger partial charge in [0.15, 0.2) is 0 Å². The number of nitrogens with one attached hydrogen (secondary N) is 1. The van der Waals surface area contributed by atoms with E-state index in [2.05, 4.69) is 5.32 Å². The van der Waals surface area contributed by atoms with Gasteiger partial charge in [0.1, 0.15) is 5.78 Å². The lowest BCUT2D eigenvalue weighted by molar-refractivity contribution is -0.125. The highest BCUT2D eigenvalue weighted by molar-refractivity contribution is 6.04. The van der Waals surface area contributed by atoms with E-state index in [1.54, 1.807) is 0 Å². The van der Waals surface area contributed by atoms with E-state index in [-0.39, 0.29) is 18.1 Å². The van der Waals surface area contributed by atoms with Crippen LogP contribution in [-0.2, 0) is 9.59 Å². The van der Waals surface area contributed by atoms with E-state index in [9.17, 15) is 9.59 Å². The van der Waals surface area contributed by atoms with Gasteiger partial charge in [-0.05, 0) is 25.0 Å². The predicted octanol–water partition coefficient (Wildman–Crippen LogP) is 3.08. The van der Waals surface area contributed by atoms with Gasteiger partial charge in [-0.1, -0.05) is 31.5 Å². The Labute approximate surface area is 102 Å². The van der Waals surface area contributed by atoms with Crippen LogP contribution in [-0.4, -0.2) is 11.7 Å². The normalized spacial score (nSPS) is 10.0. The SMILES string of the molecule is CCCCC(=O)CC(=O)Nc1ccccc1C. The van der Waals surface area contributed by atoms with E-state index in [0.29, 0.717) is 6.42 Å². The third kappa shape index (κ3) is 4.81. The number of amides is 1. The van der Waals surface area contributed by atoms with Gasteiger partial charge in [-0.15, -0.1) is 0 Å². The molecule has 0 aliphatic rings. The number of benzene rings is 1. The lowest BCUT2D eigenvalue weighted by Gasteiger charge is -2.07. The van der Waals surface area contributed by atoms with Gasteiger partial charge in [0.05, 0.1) is 6.42 Å². The zero-order valence-electron chi connectivity index (χ0n) is 10.5. The Morgan fingerprint density at radius 2 is 1.94 bits per heavy atom. The van der Waals surface area contributed by atoms with Crippen molar-refractivity contribution >= 4 is 17.4 Å². The van der Waals surface area contributed by atoms with E-state index in [1.807, 2.05) is 38.1 Å². The van der Waals surface area contributed by atoms with Crippen molar-refractivity contribution in [1.82, 2.24) is 0 Å². The van der Waals surface area contributed by atoms with E-state index < -0.39 is 0 Å². The topological polar surface area (TPSA) is 46.2 Å². The van der Waals surface area contributed by atoms with Crippen molar-refractivity contribution in [1.29, 1.82) is 0 Å². The number of carbonyl (C=O) groups excluding carboxylic acids is 2. The molecule has 0 spiro atoms. The van der Waals surface area contributed by atoms with Gasteiger partial charge in [0.25, 0.3) is 0 Å². The van der Waals surface area contributed by atoms with Crippen LogP contribution >= 0.6 is 0 Å². The summed E-state index contributed by atoms with van der Waals surface area (Å²) in [5.74, 6) is -0.210. The molecule has 0 unspecified atom stereocenters. The number of ketones is 1.